The fraction of sp³-hybridized carbons (Fsp3) is 0.467. The highest BCUT2D eigenvalue weighted by molar-refractivity contribution is 6.30. The third-order valence-corrected chi connectivity index (χ3v) is 4.05. The average Bonchev–Trinajstić information content (AvgIpc) is 2.55. The van der Waals surface area contributed by atoms with Crippen LogP contribution in [0.3, 0.4) is 0 Å². The van der Waals surface area contributed by atoms with Crippen molar-refractivity contribution in [3.05, 3.63) is 34.4 Å². The van der Waals surface area contributed by atoms with Gasteiger partial charge in [-0.2, -0.15) is 0 Å². The Balaban J connectivity index is 2.10. The molecule has 1 aromatic rings. The van der Waals surface area contributed by atoms with Gasteiger partial charge < -0.3 is 16.0 Å². The van der Waals surface area contributed by atoms with Crippen molar-refractivity contribution in [3.63, 3.8) is 0 Å². The maximum atomic E-state index is 13.9. The third kappa shape index (κ3) is 4.17. The minimum atomic E-state index is -0.879. The van der Waals surface area contributed by atoms with Crippen molar-refractivity contribution in [2.24, 2.45) is 11.7 Å². The van der Waals surface area contributed by atoms with Crippen LogP contribution in [0.5, 0.6) is 0 Å². The van der Waals surface area contributed by atoms with Crippen LogP contribution >= 0.6 is 11.6 Å². The second kappa shape index (κ2) is 7.70. The number of rotatable bonds is 4. The van der Waals surface area contributed by atoms with Gasteiger partial charge in [0.15, 0.2) is 0 Å². The van der Waals surface area contributed by atoms with Gasteiger partial charge >= 0.3 is 0 Å². The number of benzene rings is 1. The molecule has 1 saturated heterocycles. The number of halogens is 3. The topological polar surface area (TPSA) is 75.4 Å². The van der Waals surface area contributed by atoms with Crippen molar-refractivity contribution in [3.8, 4) is 0 Å². The highest BCUT2D eigenvalue weighted by Gasteiger charge is 2.30. The Hall–Kier alpha value is -1.73. The Bertz CT molecular complexity index is 613. The summed E-state index contributed by atoms with van der Waals surface area (Å²) in [6, 6.07) is 1.57. The summed E-state index contributed by atoms with van der Waals surface area (Å²) in [5.74, 6) is -2.94. The predicted octanol–water partition coefficient (Wildman–Crippen LogP) is 1.55. The van der Waals surface area contributed by atoms with E-state index in [2.05, 4.69) is 5.32 Å². The number of amides is 2. The summed E-state index contributed by atoms with van der Waals surface area (Å²) < 4.78 is 27.4. The molecule has 0 aliphatic carbocycles. The van der Waals surface area contributed by atoms with Gasteiger partial charge in [-0.15, -0.1) is 0 Å². The third-order valence-electron chi connectivity index (χ3n) is 3.76. The minimum absolute atomic E-state index is 0.166. The predicted molar refractivity (Wildman–Crippen MR) is 82.1 cm³/mol. The molecule has 2 rings (SSSR count). The highest BCUT2D eigenvalue weighted by atomic mass is 35.5. The Morgan fingerprint density at radius 3 is 2.78 bits per heavy atom. The summed E-state index contributed by atoms with van der Waals surface area (Å²) in [7, 11) is 0. The van der Waals surface area contributed by atoms with Gasteiger partial charge in [0.05, 0.1) is 16.5 Å². The van der Waals surface area contributed by atoms with Crippen LogP contribution in [0.1, 0.15) is 23.2 Å². The number of nitrogens with zero attached hydrogens (tertiary/aromatic N) is 1. The average molecular weight is 346 g/mol. The molecule has 1 atom stereocenters. The Kier molecular flexibility index (Phi) is 5.90. The van der Waals surface area contributed by atoms with E-state index in [1.807, 2.05) is 0 Å². The van der Waals surface area contributed by atoms with Crippen molar-refractivity contribution in [2.75, 3.05) is 26.2 Å². The van der Waals surface area contributed by atoms with Crippen LogP contribution in [0.4, 0.5) is 8.78 Å². The van der Waals surface area contributed by atoms with E-state index in [-0.39, 0.29) is 29.0 Å². The van der Waals surface area contributed by atoms with Gasteiger partial charge in [0.25, 0.3) is 5.91 Å². The molecule has 0 saturated carbocycles. The van der Waals surface area contributed by atoms with E-state index >= 15 is 0 Å². The van der Waals surface area contributed by atoms with Gasteiger partial charge in [0.1, 0.15) is 11.6 Å². The molecule has 0 aromatic heterocycles. The van der Waals surface area contributed by atoms with E-state index in [9.17, 15) is 18.4 Å². The summed E-state index contributed by atoms with van der Waals surface area (Å²) >= 11 is 5.49. The molecule has 1 heterocycles. The molecule has 1 unspecified atom stereocenters. The smallest absolute Gasteiger partial charge is 0.256 e. The molecule has 23 heavy (non-hydrogen) atoms. The number of carbonyl (C=O) groups is 2. The van der Waals surface area contributed by atoms with Crippen LogP contribution in [0, 0.1) is 17.6 Å². The second-order valence-electron chi connectivity index (χ2n) is 5.42. The maximum Gasteiger partial charge on any atom is 0.256 e. The standard InChI is InChI=1S/C15H18ClF2N3O2/c16-11-7-12(17)10(6-13(11)18)15(23)21-5-1-2-9(8-21)14(22)20-4-3-19/h6-7,9H,1-5,8,19H2,(H,20,22). The summed E-state index contributed by atoms with van der Waals surface area (Å²) in [4.78, 5) is 25.7. The van der Waals surface area contributed by atoms with Crippen molar-refractivity contribution < 1.29 is 18.4 Å². The number of piperidine rings is 1. The van der Waals surface area contributed by atoms with E-state index in [1.165, 1.54) is 4.90 Å². The number of carbonyl (C=O) groups excluding carboxylic acids is 2. The fourth-order valence-electron chi connectivity index (χ4n) is 2.57. The Labute approximate surface area is 137 Å². The van der Waals surface area contributed by atoms with Gasteiger partial charge in [0.2, 0.25) is 5.91 Å². The van der Waals surface area contributed by atoms with Crippen molar-refractivity contribution in [1.82, 2.24) is 10.2 Å². The lowest BCUT2D eigenvalue weighted by Crippen LogP contribution is -2.46. The largest absolute Gasteiger partial charge is 0.355 e. The van der Waals surface area contributed by atoms with E-state index in [0.29, 0.717) is 32.5 Å². The van der Waals surface area contributed by atoms with Crippen molar-refractivity contribution in [1.29, 1.82) is 0 Å². The molecule has 0 bridgehead atoms. The van der Waals surface area contributed by atoms with Crippen LogP contribution < -0.4 is 11.1 Å². The molecular formula is C15H18ClF2N3O2. The zero-order chi connectivity index (χ0) is 17.0. The monoisotopic (exact) mass is 345 g/mol. The number of likely N-dealkylation sites (tertiary alicyclic amines) is 1. The molecule has 0 radical (unpaired) electrons. The van der Waals surface area contributed by atoms with E-state index in [0.717, 1.165) is 12.1 Å². The molecule has 1 aromatic carbocycles. The number of hydrogen-bond donors (Lipinski definition) is 2. The zero-order valence-electron chi connectivity index (χ0n) is 12.4. The van der Waals surface area contributed by atoms with Gasteiger partial charge in [-0.25, -0.2) is 8.78 Å². The zero-order valence-corrected chi connectivity index (χ0v) is 13.2. The SMILES string of the molecule is NCCNC(=O)C1CCCN(C(=O)c2cc(F)c(Cl)cc2F)C1. The Morgan fingerprint density at radius 1 is 1.35 bits per heavy atom. The molecule has 1 aliphatic heterocycles. The van der Waals surface area contributed by atoms with Crippen LogP contribution in [0.2, 0.25) is 5.02 Å². The Morgan fingerprint density at radius 2 is 2.09 bits per heavy atom. The van der Waals surface area contributed by atoms with Crippen molar-refractivity contribution >= 4 is 23.4 Å². The molecule has 126 valence electrons. The lowest BCUT2D eigenvalue weighted by Gasteiger charge is -2.32. The summed E-state index contributed by atoms with van der Waals surface area (Å²) in [5, 5.41) is 2.30. The number of nitrogens with two attached hydrogens (primary N) is 1. The van der Waals surface area contributed by atoms with E-state index in [1.54, 1.807) is 0 Å². The van der Waals surface area contributed by atoms with Gasteiger partial charge in [-0.1, -0.05) is 11.6 Å². The van der Waals surface area contributed by atoms with Gasteiger partial charge in [-0.3, -0.25) is 9.59 Å². The number of hydrogen-bond acceptors (Lipinski definition) is 3. The molecule has 2 amide bonds. The molecule has 0 spiro atoms. The first-order valence-corrected chi connectivity index (χ1v) is 7.73. The summed E-state index contributed by atoms with van der Waals surface area (Å²) in [6.45, 7) is 1.25. The molecule has 8 heteroatoms. The highest BCUT2D eigenvalue weighted by Crippen LogP contribution is 2.23. The van der Waals surface area contributed by atoms with Crippen LogP contribution in [0.25, 0.3) is 0 Å². The lowest BCUT2D eigenvalue weighted by molar-refractivity contribution is -0.126. The molecular weight excluding hydrogens is 328 g/mol. The minimum Gasteiger partial charge on any atom is -0.355 e. The van der Waals surface area contributed by atoms with Crippen LogP contribution in [0.15, 0.2) is 12.1 Å². The van der Waals surface area contributed by atoms with Crippen LogP contribution in [-0.2, 0) is 4.79 Å². The number of nitrogens with one attached hydrogen (secondary N) is 1. The molecule has 1 aliphatic rings. The molecule has 1 fully saturated rings. The first-order chi connectivity index (χ1) is 10.9. The first kappa shape index (κ1) is 17.6. The second-order valence-corrected chi connectivity index (χ2v) is 5.82. The van der Waals surface area contributed by atoms with E-state index < -0.39 is 17.5 Å². The van der Waals surface area contributed by atoms with Gasteiger partial charge in [-0.05, 0) is 25.0 Å². The maximum absolute atomic E-state index is 13.9. The fourth-order valence-corrected chi connectivity index (χ4v) is 2.72. The van der Waals surface area contributed by atoms with Crippen molar-refractivity contribution in [2.45, 2.75) is 12.8 Å². The van der Waals surface area contributed by atoms with Crippen LogP contribution in [-0.4, -0.2) is 42.9 Å². The molecule has 3 N–H and O–H groups in total. The summed E-state index contributed by atoms with van der Waals surface area (Å²) in [5.41, 5.74) is 4.95. The first-order valence-electron chi connectivity index (χ1n) is 7.35. The lowest BCUT2D eigenvalue weighted by atomic mass is 9.96. The quantitative estimate of drug-likeness (QED) is 0.813. The molecule has 5 nitrogen and oxygen atoms in total. The summed E-state index contributed by atoms with van der Waals surface area (Å²) in [6.07, 6.45) is 1.25. The van der Waals surface area contributed by atoms with Gasteiger partial charge in [0, 0.05) is 26.2 Å². The normalized spacial score (nSPS) is 17.9. The van der Waals surface area contributed by atoms with E-state index in [4.69, 9.17) is 17.3 Å².